The Morgan fingerprint density at radius 2 is 1.97 bits per heavy atom. The van der Waals surface area contributed by atoms with Crippen LogP contribution in [-0.2, 0) is 35.7 Å². The van der Waals surface area contributed by atoms with Gasteiger partial charge in [0.25, 0.3) is 0 Å². The van der Waals surface area contributed by atoms with E-state index < -0.39 is 41.2 Å². The number of benzene rings is 1. The first-order valence-corrected chi connectivity index (χ1v) is 10.9. The van der Waals surface area contributed by atoms with E-state index in [2.05, 4.69) is 0 Å². The highest BCUT2D eigenvalue weighted by Gasteiger charge is 2.76. The SMILES string of the molecule is CCOC(=O)N1CC[C@]23c4c5ccc(OC(C)=O)c4O[C@H]2C(=O)CC[C@@]3(OC(C)=O)[C@H]1C5. The van der Waals surface area contributed by atoms with Gasteiger partial charge in [-0.15, -0.1) is 0 Å². The summed E-state index contributed by atoms with van der Waals surface area (Å²) in [5, 5.41) is 0. The van der Waals surface area contributed by atoms with Crippen molar-refractivity contribution < 1.29 is 38.1 Å². The molecule has 32 heavy (non-hydrogen) atoms. The lowest BCUT2D eigenvalue weighted by molar-refractivity contribution is -0.210. The second-order valence-electron chi connectivity index (χ2n) is 8.80. The number of hydrogen-bond acceptors (Lipinski definition) is 8. The van der Waals surface area contributed by atoms with Gasteiger partial charge in [0.05, 0.1) is 18.1 Å². The zero-order chi connectivity index (χ0) is 22.8. The summed E-state index contributed by atoms with van der Waals surface area (Å²) in [5.41, 5.74) is -0.457. The Morgan fingerprint density at radius 1 is 1.19 bits per heavy atom. The van der Waals surface area contributed by atoms with E-state index in [1.165, 1.54) is 13.8 Å². The number of rotatable bonds is 3. The molecule has 2 fully saturated rings. The summed E-state index contributed by atoms with van der Waals surface area (Å²) in [7, 11) is 0. The van der Waals surface area contributed by atoms with Crippen LogP contribution in [-0.4, -0.2) is 59.6 Å². The Kier molecular flexibility index (Phi) is 4.51. The number of esters is 2. The molecule has 2 heterocycles. The average molecular weight is 443 g/mol. The second-order valence-corrected chi connectivity index (χ2v) is 8.80. The number of ether oxygens (including phenoxy) is 4. The van der Waals surface area contributed by atoms with E-state index in [1.54, 1.807) is 17.9 Å². The van der Waals surface area contributed by atoms with Crippen molar-refractivity contribution >= 4 is 23.8 Å². The minimum atomic E-state index is -1.14. The lowest BCUT2D eigenvalue weighted by atomic mass is 9.49. The summed E-state index contributed by atoms with van der Waals surface area (Å²) < 4.78 is 23.0. The molecular weight excluding hydrogens is 418 g/mol. The molecule has 2 aliphatic carbocycles. The van der Waals surface area contributed by atoms with Crippen LogP contribution in [0, 0.1) is 0 Å². The third-order valence-electron chi connectivity index (χ3n) is 7.28. The standard InChI is InChI=1S/C23H25NO8/c1-4-29-21(28)24-10-9-22-18-14-5-6-16(30-12(2)25)19(18)31-20(22)15(27)7-8-23(22,17(24)11-14)32-13(3)26/h5-6,17,20H,4,7-11H2,1-3H3/t17-,20+,22+,23-/m1/s1. The molecule has 2 aliphatic heterocycles. The fraction of sp³-hybridized carbons (Fsp3) is 0.565. The van der Waals surface area contributed by atoms with Gasteiger partial charge in [-0.3, -0.25) is 14.4 Å². The fourth-order valence-electron chi connectivity index (χ4n) is 6.41. The Balaban J connectivity index is 1.76. The minimum absolute atomic E-state index is 0.0889. The molecule has 0 unspecified atom stereocenters. The molecule has 9 heteroatoms. The molecule has 0 N–H and O–H groups in total. The fourth-order valence-corrected chi connectivity index (χ4v) is 6.41. The summed E-state index contributed by atoms with van der Waals surface area (Å²) in [4.78, 5) is 51.7. The molecule has 1 saturated heterocycles. The normalized spacial score (nSPS) is 31.3. The molecule has 9 nitrogen and oxygen atoms in total. The molecular formula is C23H25NO8. The molecule has 2 bridgehead atoms. The number of likely N-dealkylation sites (tertiary alicyclic amines) is 1. The van der Waals surface area contributed by atoms with Crippen LogP contribution in [0.1, 0.15) is 51.2 Å². The first-order chi connectivity index (χ1) is 15.2. The van der Waals surface area contributed by atoms with Crippen molar-refractivity contribution in [1.82, 2.24) is 4.90 Å². The molecule has 1 spiro atoms. The van der Waals surface area contributed by atoms with Gasteiger partial charge >= 0.3 is 18.0 Å². The van der Waals surface area contributed by atoms with E-state index in [4.69, 9.17) is 18.9 Å². The highest BCUT2D eigenvalue weighted by atomic mass is 16.6. The van der Waals surface area contributed by atoms with Gasteiger partial charge in [0.15, 0.2) is 23.4 Å². The van der Waals surface area contributed by atoms with E-state index in [9.17, 15) is 19.2 Å². The Bertz CT molecular complexity index is 1050. The first-order valence-electron chi connectivity index (χ1n) is 10.9. The van der Waals surface area contributed by atoms with Gasteiger partial charge in [0, 0.05) is 32.4 Å². The van der Waals surface area contributed by atoms with Crippen LogP contribution in [0.2, 0.25) is 0 Å². The van der Waals surface area contributed by atoms with Crippen molar-refractivity contribution in [2.75, 3.05) is 13.2 Å². The van der Waals surface area contributed by atoms with E-state index in [-0.39, 0.29) is 31.0 Å². The van der Waals surface area contributed by atoms with Crippen LogP contribution < -0.4 is 9.47 Å². The molecule has 0 aromatic heterocycles. The molecule has 1 saturated carbocycles. The zero-order valence-electron chi connectivity index (χ0n) is 18.3. The predicted molar refractivity (Wildman–Crippen MR) is 108 cm³/mol. The third kappa shape index (κ3) is 2.50. The number of Topliss-reactive ketones (excluding diaryl/α,β-unsaturated/α-hetero) is 1. The van der Waals surface area contributed by atoms with Gasteiger partial charge in [0.1, 0.15) is 5.60 Å². The Labute approximate surface area is 184 Å². The molecule has 4 atom stereocenters. The number of carbonyl (C=O) groups excluding carboxylic acids is 4. The van der Waals surface area contributed by atoms with Crippen molar-refractivity contribution in [3.8, 4) is 11.5 Å². The van der Waals surface area contributed by atoms with Crippen LogP contribution in [0.4, 0.5) is 4.79 Å². The summed E-state index contributed by atoms with van der Waals surface area (Å²) in [6.45, 7) is 4.93. The van der Waals surface area contributed by atoms with Crippen molar-refractivity contribution in [2.45, 2.75) is 69.6 Å². The van der Waals surface area contributed by atoms with Crippen molar-refractivity contribution in [1.29, 1.82) is 0 Å². The number of ketones is 1. The van der Waals surface area contributed by atoms with Crippen LogP contribution in [0.25, 0.3) is 0 Å². The molecule has 1 aromatic carbocycles. The molecule has 4 aliphatic rings. The Hall–Kier alpha value is -3.10. The van der Waals surface area contributed by atoms with E-state index in [1.807, 2.05) is 6.07 Å². The van der Waals surface area contributed by atoms with Crippen LogP contribution >= 0.6 is 0 Å². The quantitative estimate of drug-likeness (QED) is 0.516. The summed E-state index contributed by atoms with van der Waals surface area (Å²) in [5.74, 6) is -0.468. The van der Waals surface area contributed by atoms with Gasteiger partial charge in [-0.25, -0.2) is 4.79 Å². The predicted octanol–water partition coefficient (Wildman–Crippen LogP) is 2.06. The van der Waals surface area contributed by atoms with E-state index >= 15 is 0 Å². The van der Waals surface area contributed by atoms with Gasteiger partial charge in [-0.05, 0) is 37.8 Å². The monoisotopic (exact) mass is 443 g/mol. The van der Waals surface area contributed by atoms with Crippen LogP contribution in [0.3, 0.4) is 0 Å². The Morgan fingerprint density at radius 3 is 2.66 bits per heavy atom. The van der Waals surface area contributed by atoms with Gasteiger partial charge in [0.2, 0.25) is 0 Å². The van der Waals surface area contributed by atoms with Gasteiger partial charge in [-0.1, -0.05) is 6.07 Å². The van der Waals surface area contributed by atoms with Gasteiger partial charge in [-0.2, -0.15) is 0 Å². The number of hydrogen-bond donors (Lipinski definition) is 0. The highest BCUT2D eigenvalue weighted by Crippen LogP contribution is 2.66. The largest absolute Gasteiger partial charge is 0.477 e. The summed E-state index contributed by atoms with van der Waals surface area (Å²) >= 11 is 0. The van der Waals surface area contributed by atoms with E-state index in [0.29, 0.717) is 25.1 Å². The minimum Gasteiger partial charge on any atom is -0.477 e. The van der Waals surface area contributed by atoms with Gasteiger partial charge < -0.3 is 23.8 Å². The maximum absolute atomic E-state index is 13.1. The highest BCUT2D eigenvalue weighted by molar-refractivity contribution is 5.91. The number of nitrogens with zero attached hydrogens (tertiary/aromatic N) is 1. The number of carbonyl (C=O) groups is 4. The summed E-state index contributed by atoms with van der Waals surface area (Å²) in [6, 6.07) is 2.98. The lowest BCUT2D eigenvalue weighted by Gasteiger charge is -2.63. The molecule has 0 radical (unpaired) electrons. The molecule has 1 amide bonds. The summed E-state index contributed by atoms with van der Waals surface area (Å²) in [6.07, 6.45) is -0.155. The molecule has 170 valence electrons. The zero-order valence-corrected chi connectivity index (χ0v) is 18.3. The molecule has 5 rings (SSSR count). The van der Waals surface area contributed by atoms with Crippen LogP contribution in [0.5, 0.6) is 11.5 Å². The van der Waals surface area contributed by atoms with Crippen LogP contribution in [0.15, 0.2) is 12.1 Å². The smallest absolute Gasteiger partial charge is 0.410 e. The average Bonchev–Trinajstić information content (AvgIpc) is 3.07. The van der Waals surface area contributed by atoms with E-state index in [0.717, 1.165) is 11.1 Å². The number of amides is 1. The first kappa shape index (κ1) is 20.8. The van der Waals surface area contributed by atoms with Crippen molar-refractivity contribution in [3.63, 3.8) is 0 Å². The lowest BCUT2D eigenvalue weighted by Crippen LogP contribution is -2.78. The van der Waals surface area contributed by atoms with Crippen molar-refractivity contribution in [3.05, 3.63) is 23.3 Å². The van der Waals surface area contributed by atoms with Crippen molar-refractivity contribution in [2.24, 2.45) is 0 Å². The third-order valence-corrected chi connectivity index (χ3v) is 7.28. The maximum atomic E-state index is 13.1. The maximum Gasteiger partial charge on any atom is 0.410 e. The topological polar surface area (TPSA) is 108 Å². The number of piperidine rings is 1. The molecule has 1 aromatic rings. The second kappa shape index (κ2) is 6.95.